The summed E-state index contributed by atoms with van der Waals surface area (Å²) in [5, 5.41) is 16.0. The molecule has 0 saturated carbocycles. The fraction of sp³-hybridized carbons (Fsp3) is 0.300. The third-order valence-electron chi connectivity index (χ3n) is 4.25. The lowest BCUT2D eigenvalue weighted by atomic mass is 9.86. The van der Waals surface area contributed by atoms with Gasteiger partial charge in [-0.05, 0) is 68.6 Å². The van der Waals surface area contributed by atoms with Gasteiger partial charge in [-0.2, -0.15) is 0 Å². The fourth-order valence-electron chi connectivity index (χ4n) is 2.54. The second-order valence-electron chi connectivity index (χ2n) is 7.61. The van der Waals surface area contributed by atoms with E-state index in [4.69, 9.17) is 17.3 Å². The predicted molar refractivity (Wildman–Crippen MR) is 125 cm³/mol. The van der Waals surface area contributed by atoms with Crippen LogP contribution in [0.15, 0.2) is 33.2 Å². The molecule has 6 nitrogen and oxygen atoms in total. The Balaban J connectivity index is 2.44. The minimum absolute atomic E-state index is 0.0303. The Kier molecular flexibility index (Phi) is 7.24. The van der Waals surface area contributed by atoms with E-state index in [2.05, 4.69) is 42.5 Å². The number of nitrogens with two attached hydrogens (primary N) is 1. The second-order valence-corrected chi connectivity index (χ2v) is 9.67. The molecule has 0 heterocycles. The second kappa shape index (κ2) is 8.93. The molecule has 156 valence electrons. The lowest BCUT2D eigenvalue weighted by Crippen LogP contribution is -2.46. The molecule has 2 aromatic rings. The topological polar surface area (TPSA) is 104 Å². The van der Waals surface area contributed by atoms with E-state index in [0.717, 1.165) is 0 Å². The van der Waals surface area contributed by atoms with E-state index in [-0.39, 0.29) is 11.5 Å². The van der Waals surface area contributed by atoms with Crippen molar-refractivity contribution in [3.8, 4) is 5.75 Å². The number of anilines is 3. The van der Waals surface area contributed by atoms with Crippen molar-refractivity contribution in [1.29, 1.82) is 0 Å². The first-order chi connectivity index (χ1) is 13.3. The number of hydrogen-bond acceptors (Lipinski definition) is 5. The maximum Gasteiger partial charge on any atom is 0.254 e. The number of halogens is 3. The average molecular weight is 548 g/mol. The number of Topliss-reactive ketones (excluding diaryl/α,β-unsaturated/α-hetero) is 1. The molecule has 1 amide bonds. The molecule has 29 heavy (non-hydrogen) atoms. The number of amides is 1. The number of nitrogen functional groups attached to an aromatic ring is 1. The van der Waals surface area contributed by atoms with Crippen LogP contribution in [0.1, 0.15) is 26.3 Å². The maximum atomic E-state index is 13.1. The van der Waals surface area contributed by atoms with Gasteiger partial charge in [-0.25, -0.2) is 0 Å². The molecule has 0 radical (unpaired) electrons. The zero-order valence-electron chi connectivity index (χ0n) is 16.4. The van der Waals surface area contributed by atoms with Crippen molar-refractivity contribution in [2.45, 2.75) is 33.7 Å². The van der Waals surface area contributed by atoms with E-state index in [9.17, 15) is 14.7 Å². The highest BCUT2D eigenvalue weighted by Gasteiger charge is 2.35. The van der Waals surface area contributed by atoms with Gasteiger partial charge in [-0.1, -0.05) is 32.4 Å². The molecule has 0 spiro atoms. The molecule has 0 fully saturated rings. The van der Waals surface area contributed by atoms with Gasteiger partial charge >= 0.3 is 0 Å². The normalized spacial score (nSPS) is 12.4. The standard InChI is InChI=1S/C20H22Br2ClN3O3/c1-9-13(8-11(21)17(27)15(9)22)25-16(18(28)20(2,3)4)19(29)26-14-7-10(24)5-6-12(14)23/h5-8,16,25,27H,24H2,1-4H3,(H,26,29). The molecule has 1 unspecified atom stereocenters. The zero-order valence-corrected chi connectivity index (χ0v) is 20.3. The Hall–Kier alpha value is -1.77. The predicted octanol–water partition coefficient (Wildman–Crippen LogP) is 5.50. The number of ketones is 1. The Labute approximate surface area is 191 Å². The van der Waals surface area contributed by atoms with Crippen LogP contribution in [-0.2, 0) is 9.59 Å². The molecule has 0 bridgehead atoms. The number of phenolic OH excluding ortho intramolecular Hbond substituents is 1. The van der Waals surface area contributed by atoms with Gasteiger partial charge in [0.15, 0.2) is 11.8 Å². The van der Waals surface area contributed by atoms with E-state index in [1.54, 1.807) is 45.9 Å². The summed E-state index contributed by atoms with van der Waals surface area (Å²) in [7, 11) is 0. The van der Waals surface area contributed by atoms with E-state index in [1.165, 1.54) is 6.07 Å². The summed E-state index contributed by atoms with van der Waals surface area (Å²) in [6.45, 7) is 6.96. The van der Waals surface area contributed by atoms with E-state index < -0.39 is 17.4 Å². The maximum absolute atomic E-state index is 13.1. The van der Waals surface area contributed by atoms with Crippen LogP contribution in [0.2, 0.25) is 5.02 Å². The summed E-state index contributed by atoms with van der Waals surface area (Å²) in [5.41, 5.74) is 6.89. The Morgan fingerprint density at radius 1 is 1.17 bits per heavy atom. The molecule has 2 rings (SSSR count). The first-order valence-electron chi connectivity index (χ1n) is 8.67. The number of nitrogens with one attached hydrogen (secondary N) is 2. The first-order valence-corrected chi connectivity index (χ1v) is 10.6. The number of carbonyl (C=O) groups is 2. The minimum atomic E-state index is -1.20. The summed E-state index contributed by atoms with van der Waals surface area (Å²) in [6, 6.07) is 5.12. The van der Waals surface area contributed by atoms with Gasteiger partial charge in [0.25, 0.3) is 5.91 Å². The summed E-state index contributed by atoms with van der Waals surface area (Å²) in [6.07, 6.45) is 0. The number of hydrogen-bond donors (Lipinski definition) is 4. The summed E-state index contributed by atoms with van der Waals surface area (Å²) in [4.78, 5) is 26.1. The highest BCUT2D eigenvalue weighted by molar-refractivity contribution is 9.11. The zero-order chi connectivity index (χ0) is 22.1. The number of carbonyl (C=O) groups excluding carboxylic acids is 2. The van der Waals surface area contributed by atoms with Crippen LogP contribution in [0.5, 0.6) is 5.75 Å². The van der Waals surface area contributed by atoms with Crippen molar-refractivity contribution < 1.29 is 14.7 Å². The Morgan fingerprint density at radius 3 is 2.38 bits per heavy atom. The molecule has 0 saturated heterocycles. The van der Waals surface area contributed by atoms with Crippen molar-refractivity contribution >= 4 is 72.2 Å². The largest absolute Gasteiger partial charge is 0.506 e. The van der Waals surface area contributed by atoms with Gasteiger partial charge in [0.2, 0.25) is 0 Å². The van der Waals surface area contributed by atoms with Crippen molar-refractivity contribution in [2.75, 3.05) is 16.4 Å². The Morgan fingerprint density at radius 2 is 1.79 bits per heavy atom. The molecule has 1 atom stereocenters. The van der Waals surface area contributed by atoms with Gasteiger partial charge in [0, 0.05) is 16.8 Å². The quantitative estimate of drug-likeness (QED) is 0.225. The summed E-state index contributed by atoms with van der Waals surface area (Å²) in [5.74, 6) is -0.852. The number of rotatable bonds is 5. The fourth-order valence-corrected chi connectivity index (χ4v) is 3.82. The van der Waals surface area contributed by atoms with Gasteiger partial charge < -0.3 is 21.5 Å². The van der Waals surface area contributed by atoms with Crippen LogP contribution in [0.25, 0.3) is 0 Å². The lowest BCUT2D eigenvalue weighted by Gasteiger charge is -2.26. The van der Waals surface area contributed by atoms with E-state index >= 15 is 0 Å². The van der Waals surface area contributed by atoms with Crippen LogP contribution >= 0.6 is 43.5 Å². The molecular formula is C20H22Br2ClN3O3. The van der Waals surface area contributed by atoms with Crippen molar-refractivity contribution in [3.05, 3.63) is 43.8 Å². The number of benzene rings is 2. The van der Waals surface area contributed by atoms with Crippen molar-refractivity contribution in [1.82, 2.24) is 0 Å². The molecule has 5 N–H and O–H groups in total. The van der Waals surface area contributed by atoms with Crippen LogP contribution < -0.4 is 16.4 Å². The summed E-state index contributed by atoms with van der Waals surface area (Å²) >= 11 is 12.7. The van der Waals surface area contributed by atoms with Crippen LogP contribution in [0.3, 0.4) is 0 Å². The molecular weight excluding hydrogens is 525 g/mol. The highest BCUT2D eigenvalue weighted by atomic mass is 79.9. The molecule has 0 aliphatic rings. The minimum Gasteiger partial charge on any atom is -0.506 e. The van der Waals surface area contributed by atoms with Gasteiger partial charge in [-0.15, -0.1) is 0 Å². The average Bonchev–Trinajstić information content (AvgIpc) is 2.63. The molecule has 0 aliphatic heterocycles. The molecule has 0 aliphatic carbocycles. The summed E-state index contributed by atoms with van der Waals surface area (Å²) < 4.78 is 0.870. The number of aromatic hydroxyl groups is 1. The van der Waals surface area contributed by atoms with E-state index in [1.807, 2.05) is 0 Å². The molecule has 9 heteroatoms. The van der Waals surface area contributed by atoms with Gasteiger partial charge in [-0.3, -0.25) is 9.59 Å². The first kappa shape index (κ1) is 23.5. The SMILES string of the molecule is Cc1c(NC(C(=O)Nc2cc(N)ccc2Cl)C(=O)C(C)(C)C)cc(Br)c(O)c1Br. The monoisotopic (exact) mass is 545 g/mol. The third kappa shape index (κ3) is 5.43. The third-order valence-corrected chi connectivity index (χ3v) is 6.15. The van der Waals surface area contributed by atoms with Crippen LogP contribution in [0, 0.1) is 12.3 Å². The van der Waals surface area contributed by atoms with Gasteiger partial charge in [0.05, 0.1) is 19.7 Å². The Bertz CT molecular complexity index is 974. The van der Waals surface area contributed by atoms with Crippen LogP contribution in [0.4, 0.5) is 17.1 Å². The van der Waals surface area contributed by atoms with Crippen molar-refractivity contribution in [3.63, 3.8) is 0 Å². The lowest BCUT2D eigenvalue weighted by molar-refractivity contribution is -0.131. The highest BCUT2D eigenvalue weighted by Crippen LogP contribution is 2.39. The molecule has 2 aromatic carbocycles. The van der Waals surface area contributed by atoms with Gasteiger partial charge in [0.1, 0.15) is 5.75 Å². The van der Waals surface area contributed by atoms with E-state index in [0.29, 0.717) is 36.6 Å². The molecule has 0 aromatic heterocycles. The van der Waals surface area contributed by atoms with Crippen molar-refractivity contribution in [2.24, 2.45) is 5.41 Å². The van der Waals surface area contributed by atoms with Crippen LogP contribution in [-0.4, -0.2) is 22.8 Å². The number of phenols is 1. The smallest absolute Gasteiger partial charge is 0.254 e.